The van der Waals surface area contributed by atoms with Gasteiger partial charge in [-0.15, -0.1) is 0 Å². The molecular weight excluding hydrogens is 1570 g/mol. The topological polar surface area (TPSA) is 800 Å². The van der Waals surface area contributed by atoms with Crippen LogP contribution in [-0.2, 0) is 80.0 Å². The van der Waals surface area contributed by atoms with Gasteiger partial charge in [-0.3, -0.25) is 78.6 Å². The molecule has 117 heavy (non-hydrogen) atoms. The fraction of sp³-hybridized carbons (Fsp3) is 0.586. The van der Waals surface area contributed by atoms with Crippen molar-refractivity contribution in [1.29, 1.82) is 16.2 Å². The molecule has 0 aliphatic heterocycles. The predicted molar refractivity (Wildman–Crippen MR) is 434 cm³/mol. The van der Waals surface area contributed by atoms with Crippen LogP contribution in [0.3, 0.4) is 0 Å². The van der Waals surface area contributed by atoms with Crippen LogP contribution in [0.25, 0.3) is 0 Å². The Bertz CT molecular complexity index is 3680. The fourth-order valence-electron chi connectivity index (χ4n) is 11.2. The molecule has 2 aromatic rings. The standard InChI is InChI=1S/C70H118N26O19S2/c1-34(97)51(75)63(111)91-46(30-36-14-18-38(99)19-15-36)61(109)96-53(70(3,4)117)65(113)92-47(32-50(74)101)60(108)88-41(11-7-27-82-67(76)77)54(102)87-43(13-9-29-84-69(80)81)59(107)95-52(35(2)98)64(112)90-45(23-26-73)58(106)85-40(10-5-6-24-71)56(104)94-49(33-116)62(110)89-44(22-25-72)57(105)86-42(12-8-28-83-68(78)79)55(103)93-48(66(114)115)31-37-16-20-39(100)21-17-37/h14-21,34-35,40-49,51-53,97-100,116-117H,5-13,22-33,71-73,75H2,1-4H3,(H2,74,101)(H,85,106)(H,86,105)(H,87,102)(H,88,108)(H,89,110)(H,90,112)(H,91,111)(H,92,113)(H,93,103)(H,94,104)(H,95,107)(H,96,109)(H,114,115)(H4,76,77,82)(H4,78,79,83)(H4,80,81,84)/t34-,35-,40+,41+,42+,43+,44+,45-,46+,47+,48+,49+,51+,52+,53-/m1/s1. The largest absolute Gasteiger partial charge is 0.508 e. The summed E-state index contributed by atoms with van der Waals surface area (Å²) in [5.41, 5.74) is 46.3. The maximum Gasteiger partial charge on any atom is 0.326 e. The molecule has 0 radical (unpaired) electrons. The van der Waals surface area contributed by atoms with E-state index >= 15 is 0 Å². The Morgan fingerprint density at radius 2 is 0.718 bits per heavy atom. The van der Waals surface area contributed by atoms with Gasteiger partial charge in [-0.1, -0.05) is 24.3 Å². The number of aliphatic hydroxyl groups excluding tert-OH is 2. The van der Waals surface area contributed by atoms with Crippen molar-refractivity contribution in [3.63, 3.8) is 0 Å². The van der Waals surface area contributed by atoms with E-state index in [0.29, 0.717) is 17.5 Å². The SMILES string of the molecule is C[C@@H](O)[C@H](N)C(=O)N[C@@H](Cc1ccc(O)cc1)C(=O)N[C@H](C(=O)N[C@@H](CC(N)=O)C(=O)N[C@@H](CCCNC(=N)N)C(=O)N[C@@H](CCCNC(=N)N)C(=O)N[C@H](C(=O)N[C@H](CCN)C(=O)N[C@@H](CCCCN)C(=O)N[C@@H](CS)C(=O)N[C@@H](CCN)C(=O)N[C@@H](CCCNC(=N)N)C(=O)N[C@@H](Cc1ccc(O)cc1)C(=O)O)[C@@H](C)O)C(C)(C)S. The number of amides is 13. The maximum atomic E-state index is 14.6. The Hall–Kier alpha value is -11.1. The van der Waals surface area contributed by atoms with Crippen molar-refractivity contribution < 1.29 is 92.7 Å². The van der Waals surface area contributed by atoms with Crippen LogP contribution in [0, 0.1) is 16.2 Å². The summed E-state index contributed by atoms with van der Waals surface area (Å²) in [7, 11) is 0. The lowest BCUT2D eigenvalue weighted by molar-refractivity contribution is -0.142. The number of aliphatic hydroxyl groups is 2. The van der Waals surface area contributed by atoms with Gasteiger partial charge in [0.25, 0.3) is 0 Å². The van der Waals surface area contributed by atoms with Gasteiger partial charge in [0.05, 0.1) is 18.6 Å². The number of phenols is 2. The molecule has 0 saturated heterocycles. The fourth-order valence-corrected chi connectivity index (χ4v) is 11.6. The molecule has 39 N–H and O–H groups in total. The third kappa shape index (κ3) is 38.9. The van der Waals surface area contributed by atoms with Crippen LogP contribution in [0.2, 0.25) is 0 Å². The van der Waals surface area contributed by atoms with Crippen molar-refractivity contribution in [3.05, 3.63) is 59.7 Å². The first kappa shape index (κ1) is 102. The van der Waals surface area contributed by atoms with Crippen LogP contribution in [-0.4, -0.2) is 267 Å². The summed E-state index contributed by atoms with van der Waals surface area (Å²) in [6, 6.07) is -10.2. The summed E-state index contributed by atoms with van der Waals surface area (Å²) >= 11 is 8.79. The first-order valence-corrected chi connectivity index (χ1v) is 38.6. The molecule has 0 fully saturated rings. The number of hydrogen-bond acceptors (Lipinski definition) is 27. The number of guanidine groups is 3. The summed E-state index contributed by atoms with van der Waals surface area (Å²) in [5.74, 6) is -17.4. The van der Waals surface area contributed by atoms with Crippen LogP contribution in [0.4, 0.5) is 0 Å². The molecular formula is C70H118N26O19S2. The molecule has 45 nitrogen and oxygen atoms in total. The summed E-state index contributed by atoms with van der Waals surface area (Å²) in [5, 5.41) is 111. The van der Waals surface area contributed by atoms with Gasteiger partial charge in [0.15, 0.2) is 17.9 Å². The number of aliphatic carboxylic acids is 1. The van der Waals surface area contributed by atoms with E-state index in [1.54, 1.807) is 0 Å². The zero-order valence-electron chi connectivity index (χ0n) is 65.6. The number of rotatable bonds is 55. The monoisotopic (exact) mass is 1690 g/mol. The van der Waals surface area contributed by atoms with Crippen molar-refractivity contribution in [1.82, 2.24) is 79.8 Å². The van der Waals surface area contributed by atoms with E-state index < -0.39 is 208 Å². The molecule has 0 unspecified atom stereocenters. The van der Waals surface area contributed by atoms with Gasteiger partial charge in [-0.2, -0.15) is 25.3 Å². The number of nitrogens with one attached hydrogen (secondary N) is 18. The molecule has 0 spiro atoms. The van der Waals surface area contributed by atoms with Gasteiger partial charge in [0.2, 0.25) is 76.8 Å². The highest BCUT2D eigenvalue weighted by Crippen LogP contribution is 2.21. The average molecular weight is 1690 g/mol. The van der Waals surface area contributed by atoms with E-state index in [-0.39, 0.29) is 128 Å². The molecule has 654 valence electrons. The van der Waals surface area contributed by atoms with E-state index in [1.807, 2.05) is 0 Å². The molecule has 47 heteroatoms. The van der Waals surface area contributed by atoms with Gasteiger partial charge in [-0.05, 0) is 153 Å². The lowest BCUT2D eigenvalue weighted by atomic mass is 9.99. The number of thiol groups is 2. The third-order valence-electron chi connectivity index (χ3n) is 17.6. The van der Waals surface area contributed by atoms with Crippen LogP contribution in [0.15, 0.2) is 48.5 Å². The molecule has 15 atom stereocenters. The second-order valence-electron chi connectivity index (χ2n) is 28.0. The van der Waals surface area contributed by atoms with E-state index in [9.17, 15) is 92.7 Å². The normalized spacial score (nSPS) is 15.0. The number of benzene rings is 2. The second kappa shape index (κ2) is 52.5. The van der Waals surface area contributed by atoms with Crippen molar-refractivity contribution >= 4 is 126 Å². The quantitative estimate of drug-likeness (QED) is 0.0127. The first-order chi connectivity index (χ1) is 55.0. The molecule has 0 aliphatic carbocycles. The zero-order chi connectivity index (χ0) is 88.4. The lowest BCUT2D eigenvalue weighted by Gasteiger charge is -2.33. The highest BCUT2D eigenvalue weighted by molar-refractivity contribution is 7.81. The van der Waals surface area contributed by atoms with Crippen molar-refractivity contribution in [2.45, 2.75) is 213 Å². The number of primary amides is 1. The van der Waals surface area contributed by atoms with Gasteiger partial charge in [0.1, 0.15) is 90.0 Å². The number of carbonyl (C=O) groups is 14. The van der Waals surface area contributed by atoms with Crippen LogP contribution in [0.1, 0.15) is 116 Å². The maximum absolute atomic E-state index is 14.6. The highest BCUT2D eigenvalue weighted by atomic mass is 32.1. The number of unbranched alkanes of at least 4 members (excludes halogenated alkanes) is 1. The molecule has 0 aliphatic rings. The van der Waals surface area contributed by atoms with Gasteiger partial charge < -0.3 is 151 Å². The molecule has 0 aromatic heterocycles. The van der Waals surface area contributed by atoms with Crippen LogP contribution in [0.5, 0.6) is 11.5 Å². The van der Waals surface area contributed by atoms with Crippen LogP contribution >= 0.6 is 25.3 Å². The molecule has 0 heterocycles. The summed E-state index contributed by atoms with van der Waals surface area (Å²) in [4.78, 5) is 195. The predicted octanol–water partition coefficient (Wildman–Crippen LogP) is -10.00. The smallest absolute Gasteiger partial charge is 0.326 e. The van der Waals surface area contributed by atoms with Gasteiger partial charge in [-0.25, -0.2) is 4.79 Å². The van der Waals surface area contributed by atoms with Crippen molar-refractivity contribution in [2.75, 3.05) is 45.0 Å². The lowest BCUT2D eigenvalue weighted by Crippen LogP contribution is -2.63. The number of nitrogens with two attached hydrogens (primary N) is 8. The number of carboxylic acid groups (broad SMARTS) is 1. The Kier molecular flexibility index (Phi) is 45.7. The minimum atomic E-state index is -1.96. The molecule has 2 rings (SSSR count). The Balaban J connectivity index is 2.52. The summed E-state index contributed by atoms with van der Waals surface area (Å²) < 4.78 is -1.52. The number of carbonyl (C=O) groups excluding carboxylic acids is 13. The number of carboxylic acids is 1. The van der Waals surface area contributed by atoms with Crippen molar-refractivity contribution in [2.24, 2.45) is 45.9 Å². The molecule has 13 amide bonds. The molecule has 2 aromatic carbocycles. The third-order valence-corrected chi connectivity index (χ3v) is 18.2. The van der Waals surface area contributed by atoms with E-state index in [2.05, 4.69) is 105 Å². The zero-order valence-corrected chi connectivity index (χ0v) is 67.4. The Morgan fingerprint density at radius 3 is 1.06 bits per heavy atom. The molecule has 0 bridgehead atoms. The van der Waals surface area contributed by atoms with Gasteiger partial charge in [0, 0.05) is 43.0 Å². The molecule has 0 saturated carbocycles. The minimum Gasteiger partial charge on any atom is -0.508 e. The number of aromatic hydroxyl groups is 2. The average Bonchev–Trinajstić information content (AvgIpc) is 0.619. The van der Waals surface area contributed by atoms with E-state index in [1.165, 1.54) is 69.3 Å². The number of hydrogen-bond donors (Lipinski definition) is 33. The first-order valence-electron chi connectivity index (χ1n) is 37.5. The summed E-state index contributed by atoms with van der Waals surface area (Å²) in [6.07, 6.45) is -5.67. The highest BCUT2D eigenvalue weighted by Gasteiger charge is 2.41. The van der Waals surface area contributed by atoms with Crippen molar-refractivity contribution in [3.8, 4) is 11.5 Å². The van der Waals surface area contributed by atoms with Crippen LogP contribution < -0.4 is 126 Å². The number of phenolic OH excluding ortho intramolecular Hbond substituents is 2. The van der Waals surface area contributed by atoms with E-state index in [0.717, 1.165) is 6.92 Å². The Morgan fingerprint density at radius 1 is 0.402 bits per heavy atom. The minimum absolute atomic E-state index is 0.0477. The second-order valence-corrected chi connectivity index (χ2v) is 29.5. The van der Waals surface area contributed by atoms with Gasteiger partial charge >= 0.3 is 5.97 Å². The van der Waals surface area contributed by atoms with E-state index in [4.69, 9.17) is 62.1 Å². The summed E-state index contributed by atoms with van der Waals surface area (Å²) in [6.45, 7) is 4.58. The Labute approximate surface area is 686 Å².